The first-order chi connectivity index (χ1) is 15.4. The number of likely N-dealkylation sites (N-methyl/N-ethyl adjacent to an activating group) is 1. The lowest BCUT2D eigenvalue weighted by atomic mass is 10.1. The Kier molecular flexibility index (Phi) is 6.05. The third kappa shape index (κ3) is 4.13. The first kappa shape index (κ1) is 21.7. The summed E-state index contributed by atoms with van der Waals surface area (Å²) in [5.41, 5.74) is 1.25. The molecule has 1 aliphatic rings. The molecule has 8 heteroatoms. The summed E-state index contributed by atoms with van der Waals surface area (Å²) in [4.78, 5) is 14.9. The number of ether oxygens (including phenoxy) is 2. The van der Waals surface area contributed by atoms with Crippen molar-refractivity contribution in [3.05, 3.63) is 84.4 Å². The highest BCUT2D eigenvalue weighted by Gasteiger charge is 2.38. The molecule has 1 amide bonds. The molecule has 0 aliphatic carbocycles. The molecule has 1 atom stereocenters. The minimum Gasteiger partial charge on any atom is -0.496 e. The van der Waals surface area contributed by atoms with Crippen LogP contribution in [0.4, 0.5) is 5.69 Å². The van der Waals surface area contributed by atoms with Crippen molar-refractivity contribution in [1.82, 2.24) is 4.90 Å². The maximum absolute atomic E-state index is 13.4. The first-order valence-corrected chi connectivity index (χ1v) is 11.6. The molecular weight excluding hydrogens is 428 g/mol. The molecule has 0 saturated heterocycles. The van der Waals surface area contributed by atoms with Crippen LogP contribution < -0.4 is 13.8 Å². The number of sulfonamides is 1. The molecule has 3 aromatic rings. The van der Waals surface area contributed by atoms with Crippen LogP contribution >= 0.6 is 0 Å². The molecule has 7 nitrogen and oxygen atoms in total. The molecule has 0 radical (unpaired) electrons. The number of benzene rings is 3. The maximum atomic E-state index is 13.4. The Morgan fingerprint density at radius 3 is 2.44 bits per heavy atom. The summed E-state index contributed by atoms with van der Waals surface area (Å²) < 4.78 is 39.3. The van der Waals surface area contributed by atoms with Crippen molar-refractivity contribution in [3.8, 4) is 11.5 Å². The minimum absolute atomic E-state index is 0.122. The van der Waals surface area contributed by atoms with Gasteiger partial charge >= 0.3 is 0 Å². The molecular formula is C24H24N2O5S. The molecule has 1 heterocycles. The highest BCUT2D eigenvalue weighted by Crippen LogP contribution is 2.37. The van der Waals surface area contributed by atoms with Gasteiger partial charge in [-0.15, -0.1) is 0 Å². The molecule has 0 saturated carbocycles. The highest BCUT2D eigenvalue weighted by atomic mass is 32.2. The van der Waals surface area contributed by atoms with Crippen LogP contribution in [0.2, 0.25) is 0 Å². The van der Waals surface area contributed by atoms with Gasteiger partial charge in [0.2, 0.25) is 0 Å². The Hall–Kier alpha value is -3.52. The van der Waals surface area contributed by atoms with Gasteiger partial charge in [0.05, 0.1) is 24.2 Å². The van der Waals surface area contributed by atoms with Gasteiger partial charge in [-0.25, -0.2) is 8.42 Å². The molecule has 3 aromatic carbocycles. The van der Waals surface area contributed by atoms with Crippen molar-refractivity contribution in [2.75, 3.05) is 25.0 Å². The molecule has 166 valence electrons. The van der Waals surface area contributed by atoms with Crippen molar-refractivity contribution in [1.29, 1.82) is 0 Å². The third-order valence-corrected chi connectivity index (χ3v) is 7.11. The summed E-state index contributed by atoms with van der Waals surface area (Å²) in [5.74, 6) is 0.705. The standard InChI is InChI=1S/C24H24N2O5S/c1-25(16-18-10-6-8-14-21(18)30-2)24(27)23-17-26(20-13-7-9-15-22(20)31-23)32(28,29)19-11-4-3-5-12-19/h3-15,23H,16-17H2,1-2H3/t23-/m1/s1. The van der Waals surface area contributed by atoms with Gasteiger partial charge in [-0.1, -0.05) is 48.5 Å². The van der Waals surface area contributed by atoms with Gasteiger partial charge in [0, 0.05) is 19.2 Å². The van der Waals surface area contributed by atoms with E-state index in [-0.39, 0.29) is 17.3 Å². The van der Waals surface area contributed by atoms with Crippen molar-refractivity contribution in [2.24, 2.45) is 0 Å². The second-order valence-electron chi connectivity index (χ2n) is 7.43. The van der Waals surface area contributed by atoms with Crippen molar-refractivity contribution >= 4 is 21.6 Å². The molecule has 0 aromatic heterocycles. The second-order valence-corrected chi connectivity index (χ2v) is 9.29. The zero-order chi connectivity index (χ0) is 22.7. The lowest BCUT2D eigenvalue weighted by Gasteiger charge is -2.36. The molecule has 0 spiro atoms. The van der Waals surface area contributed by atoms with E-state index in [1.165, 1.54) is 21.3 Å². The summed E-state index contributed by atoms with van der Waals surface area (Å²) in [7, 11) is -0.636. The largest absolute Gasteiger partial charge is 0.496 e. The minimum atomic E-state index is -3.87. The van der Waals surface area contributed by atoms with Crippen LogP contribution in [0.15, 0.2) is 83.8 Å². The number of anilines is 1. The van der Waals surface area contributed by atoms with Crippen LogP contribution in [-0.4, -0.2) is 46.0 Å². The van der Waals surface area contributed by atoms with Gasteiger partial charge in [-0.2, -0.15) is 0 Å². The van der Waals surface area contributed by atoms with E-state index in [2.05, 4.69) is 0 Å². The van der Waals surface area contributed by atoms with E-state index in [4.69, 9.17) is 9.47 Å². The normalized spacial score (nSPS) is 15.4. The second kappa shape index (κ2) is 8.92. The average Bonchev–Trinajstić information content (AvgIpc) is 2.83. The predicted molar refractivity (Wildman–Crippen MR) is 121 cm³/mol. The lowest BCUT2D eigenvalue weighted by molar-refractivity contribution is -0.137. The summed E-state index contributed by atoms with van der Waals surface area (Å²) in [6, 6.07) is 22.4. The maximum Gasteiger partial charge on any atom is 0.265 e. The number of methoxy groups -OCH3 is 1. The number of hydrogen-bond acceptors (Lipinski definition) is 5. The summed E-state index contributed by atoms with van der Waals surface area (Å²) in [6.07, 6.45) is -0.983. The van der Waals surface area contributed by atoms with E-state index in [9.17, 15) is 13.2 Å². The fourth-order valence-corrected chi connectivity index (χ4v) is 5.19. The van der Waals surface area contributed by atoms with E-state index in [0.29, 0.717) is 23.7 Å². The van der Waals surface area contributed by atoms with Crippen LogP contribution in [-0.2, 0) is 21.4 Å². The Morgan fingerprint density at radius 1 is 1.03 bits per heavy atom. The molecule has 4 rings (SSSR count). The number of rotatable bonds is 6. The molecule has 1 aliphatic heterocycles. The van der Waals surface area contributed by atoms with E-state index < -0.39 is 16.1 Å². The number of carbonyl (C=O) groups excluding carboxylic acids is 1. The summed E-state index contributed by atoms with van der Waals surface area (Å²) in [5, 5.41) is 0. The van der Waals surface area contributed by atoms with Crippen LogP contribution in [0.5, 0.6) is 11.5 Å². The Morgan fingerprint density at radius 2 is 1.69 bits per heavy atom. The van der Waals surface area contributed by atoms with Crippen molar-refractivity contribution < 1.29 is 22.7 Å². The number of amides is 1. The quantitative estimate of drug-likeness (QED) is 0.574. The van der Waals surface area contributed by atoms with E-state index >= 15 is 0 Å². The van der Waals surface area contributed by atoms with Crippen molar-refractivity contribution in [2.45, 2.75) is 17.5 Å². The molecule has 0 bridgehead atoms. The van der Waals surface area contributed by atoms with Gasteiger partial charge in [0.15, 0.2) is 6.10 Å². The average molecular weight is 453 g/mol. The van der Waals surface area contributed by atoms with Gasteiger partial charge in [-0.05, 0) is 30.3 Å². The molecule has 0 fully saturated rings. The molecule has 0 N–H and O–H groups in total. The van der Waals surface area contributed by atoms with Crippen LogP contribution in [0.3, 0.4) is 0 Å². The Labute approximate surface area is 187 Å². The predicted octanol–water partition coefficient (Wildman–Crippen LogP) is 3.31. The van der Waals surface area contributed by atoms with Gasteiger partial charge < -0.3 is 14.4 Å². The first-order valence-electron chi connectivity index (χ1n) is 10.1. The van der Waals surface area contributed by atoms with Crippen LogP contribution in [0.25, 0.3) is 0 Å². The topological polar surface area (TPSA) is 76.2 Å². The smallest absolute Gasteiger partial charge is 0.265 e. The SMILES string of the molecule is COc1ccccc1CN(C)C(=O)[C@H]1CN(S(=O)(=O)c2ccccc2)c2ccccc2O1. The zero-order valence-electron chi connectivity index (χ0n) is 17.8. The molecule has 32 heavy (non-hydrogen) atoms. The highest BCUT2D eigenvalue weighted by molar-refractivity contribution is 7.92. The number of hydrogen-bond donors (Lipinski definition) is 0. The van der Waals surface area contributed by atoms with E-state index in [1.54, 1.807) is 56.6 Å². The Bertz CT molecular complexity index is 1210. The van der Waals surface area contributed by atoms with E-state index in [0.717, 1.165) is 5.56 Å². The van der Waals surface area contributed by atoms with E-state index in [1.807, 2.05) is 24.3 Å². The third-order valence-electron chi connectivity index (χ3n) is 5.32. The van der Waals surface area contributed by atoms with Crippen LogP contribution in [0.1, 0.15) is 5.56 Å². The van der Waals surface area contributed by atoms with Gasteiger partial charge in [0.25, 0.3) is 15.9 Å². The fraction of sp³-hybridized carbons (Fsp3) is 0.208. The number of carbonyl (C=O) groups is 1. The van der Waals surface area contributed by atoms with Gasteiger partial charge in [-0.3, -0.25) is 9.10 Å². The number of para-hydroxylation sites is 3. The number of nitrogens with zero attached hydrogens (tertiary/aromatic N) is 2. The lowest BCUT2D eigenvalue weighted by Crippen LogP contribution is -2.50. The monoisotopic (exact) mass is 452 g/mol. The molecule has 0 unspecified atom stereocenters. The number of fused-ring (bicyclic) bond motifs is 1. The van der Waals surface area contributed by atoms with Crippen molar-refractivity contribution in [3.63, 3.8) is 0 Å². The zero-order valence-corrected chi connectivity index (χ0v) is 18.7. The Balaban J connectivity index is 1.63. The van der Waals surface area contributed by atoms with Crippen LogP contribution in [0, 0.1) is 0 Å². The van der Waals surface area contributed by atoms with Gasteiger partial charge in [0.1, 0.15) is 11.5 Å². The summed E-state index contributed by atoms with van der Waals surface area (Å²) >= 11 is 0. The fourth-order valence-electron chi connectivity index (χ4n) is 3.69. The summed E-state index contributed by atoms with van der Waals surface area (Å²) in [6.45, 7) is 0.180.